The Morgan fingerprint density at radius 1 is 1.03 bits per heavy atom. The van der Waals surface area contributed by atoms with Crippen LogP contribution in [0.15, 0.2) is 24.3 Å². The Kier molecular flexibility index (Phi) is 8.31. The van der Waals surface area contributed by atoms with Crippen molar-refractivity contribution in [2.45, 2.75) is 65.2 Å². The monoisotopic (exact) mass is 429 g/mol. The molecule has 5 nitrogen and oxygen atoms in total. The summed E-state index contributed by atoms with van der Waals surface area (Å²) in [5, 5.41) is 3.56. The first kappa shape index (κ1) is 22.3. The molecule has 0 fully saturated rings. The standard InChI is InChI=1S/C24H31NO4S/c1-3-5-9-16-29-18-14-12-17(13-15-18)22(26)25-23-21(24(27)28-4-2)19-10-7-6-8-11-20(19)30-23/h12-15H,3-11,16H2,1-2H3,(H,25,26). The molecular formula is C24H31NO4S. The molecular weight excluding hydrogens is 398 g/mol. The number of fused-ring (bicyclic) bond motifs is 1. The van der Waals surface area contributed by atoms with E-state index in [1.807, 2.05) is 12.1 Å². The van der Waals surface area contributed by atoms with Crippen molar-refractivity contribution in [2.75, 3.05) is 18.5 Å². The van der Waals surface area contributed by atoms with Crippen molar-refractivity contribution < 1.29 is 19.1 Å². The van der Waals surface area contributed by atoms with Crippen LogP contribution in [0.5, 0.6) is 5.75 Å². The number of rotatable bonds is 9. The molecule has 1 aliphatic carbocycles. The third kappa shape index (κ3) is 5.63. The summed E-state index contributed by atoms with van der Waals surface area (Å²) in [4.78, 5) is 26.7. The van der Waals surface area contributed by atoms with E-state index in [9.17, 15) is 9.59 Å². The average Bonchev–Trinajstić information content (AvgIpc) is 2.92. The number of amides is 1. The number of benzene rings is 1. The van der Waals surface area contributed by atoms with Crippen molar-refractivity contribution >= 4 is 28.2 Å². The van der Waals surface area contributed by atoms with E-state index in [0.29, 0.717) is 29.3 Å². The lowest BCUT2D eigenvalue weighted by molar-refractivity contribution is 0.0527. The van der Waals surface area contributed by atoms with Gasteiger partial charge < -0.3 is 14.8 Å². The van der Waals surface area contributed by atoms with Crippen LogP contribution in [0, 0.1) is 0 Å². The number of carbonyl (C=O) groups is 2. The molecule has 6 heteroatoms. The molecule has 1 N–H and O–H groups in total. The van der Waals surface area contributed by atoms with Crippen LogP contribution in [0.1, 0.15) is 83.5 Å². The van der Waals surface area contributed by atoms with Gasteiger partial charge in [-0.15, -0.1) is 11.3 Å². The molecule has 1 aromatic carbocycles. The molecule has 0 spiro atoms. The molecule has 1 heterocycles. The topological polar surface area (TPSA) is 64.6 Å². The fraction of sp³-hybridized carbons (Fsp3) is 0.500. The zero-order valence-corrected chi connectivity index (χ0v) is 18.7. The predicted molar refractivity (Wildman–Crippen MR) is 121 cm³/mol. The normalized spacial score (nSPS) is 13.3. The Bertz CT molecular complexity index is 857. The van der Waals surface area contributed by atoms with E-state index in [4.69, 9.17) is 9.47 Å². The Balaban J connectivity index is 1.73. The minimum atomic E-state index is -0.344. The number of unbranched alkanes of at least 4 members (excludes halogenated alkanes) is 2. The maximum atomic E-state index is 12.8. The number of aryl methyl sites for hydroxylation is 1. The van der Waals surface area contributed by atoms with Crippen LogP contribution in [0.25, 0.3) is 0 Å². The summed E-state index contributed by atoms with van der Waals surface area (Å²) >= 11 is 1.51. The summed E-state index contributed by atoms with van der Waals surface area (Å²) in [6.45, 7) is 4.96. The summed E-state index contributed by atoms with van der Waals surface area (Å²) < 4.78 is 11.0. The van der Waals surface area contributed by atoms with Gasteiger partial charge in [-0.3, -0.25) is 4.79 Å². The maximum Gasteiger partial charge on any atom is 0.341 e. The van der Waals surface area contributed by atoms with Gasteiger partial charge in [0, 0.05) is 10.4 Å². The lowest BCUT2D eigenvalue weighted by Gasteiger charge is -2.09. The third-order valence-corrected chi connectivity index (χ3v) is 6.47. The Hall–Kier alpha value is -2.34. The summed E-state index contributed by atoms with van der Waals surface area (Å²) in [5.74, 6) is 0.190. The van der Waals surface area contributed by atoms with Crippen LogP contribution in [0.2, 0.25) is 0 Å². The van der Waals surface area contributed by atoms with E-state index in [1.54, 1.807) is 19.1 Å². The summed E-state index contributed by atoms with van der Waals surface area (Å²) in [7, 11) is 0. The van der Waals surface area contributed by atoms with Gasteiger partial charge in [-0.05, 0) is 68.9 Å². The van der Waals surface area contributed by atoms with Crippen LogP contribution < -0.4 is 10.1 Å². The first-order chi connectivity index (χ1) is 14.6. The van der Waals surface area contributed by atoms with Gasteiger partial charge in [-0.1, -0.05) is 26.2 Å². The molecule has 0 unspecified atom stereocenters. The molecule has 0 atom stereocenters. The highest BCUT2D eigenvalue weighted by Crippen LogP contribution is 2.38. The van der Waals surface area contributed by atoms with Gasteiger partial charge >= 0.3 is 5.97 Å². The van der Waals surface area contributed by atoms with Crippen molar-refractivity contribution in [3.63, 3.8) is 0 Å². The second kappa shape index (κ2) is 11.2. The van der Waals surface area contributed by atoms with E-state index in [-0.39, 0.29) is 11.9 Å². The molecule has 3 rings (SSSR count). The van der Waals surface area contributed by atoms with E-state index < -0.39 is 0 Å². The molecule has 2 aromatic rings. The summed E-state index contributed by atoms with van der Waals surface area (Å²) in [6.07, 6.45) is 8.48. The van der Waals surface area contributed by atoms with Gasteiger partial charge in [-0.2, -0.15) is 0 Å². The van der Waals surface area contributed by atoms with Gasteiger partial charge in [0.15, 0.2) is 0 Å². The highest BCUT2D eigenvalue weighted by molar-refractivity contribution is 7.17. The van der Waals surface area contributed by atoms with Crippen molar-refractivity contribution in [2.24, 2.45) is 0 Å². The first-order valence-electron chi connectivity index (χ1n) is 11.0. The van der Waals surface area contributed by atoms with Crippen molar-refractivity contribution in [1.29, 1.82) is 0 Å². The number of thiophene rings is 1. The molecule has 0 bridgehead atoms. The Morgan fingerprint density at radius 3 is 2.53 bits per heavy atom. The minimum absolute atomic E-state index is 0.227. The number of carbonyl (C=O) groups excluding carboxylic acids is 2. The highest BCUT2D eigenvalue weighted by Gasteiger charge is 2.26. The summed E-state index contributed by atoms with van der Waals surface area (Å²) in [5.41, 5.74) is 2.14. The maximum absolute atomic E-state index is 12.8. The van der Waals surface area contributed by atoms with E-state index in [0.717, 1.165) is 62.7 Å². The number of esters is 1. The van der Waals surface area contributed by atoms with E-state index in [2.05, 4.69) is 12.2 Å². The largest absolute Gasteiger partial charge is 0.494 e. The van der Waals surface area contributed by atoms with Crippen molar-refractivity contribution in [3.05, 3.63) is 45.8 Å². The fourth-order valence-corrected chi connectivity index (χ4v) is 4.94. The van der Waals surface area contributed by atoms with Crippen LogP contribution in [-0.4, -0.2) is 25.1 Å². The number of hydrogen-bond donors (Lipinski definition) is 1. The molecule has 1 aromatic heterocycles. The molecule has 1 aliphatic rings. The molecule has 0 saturated carbocycles. The van der Waals surface area contributed by atoms with Gasteiger partial charge in [0.05, 0.1) is 18.8 Å². The lowest BCUT2D eigenvalue weighted by atomic mass is 10.1. The van der Waals surface area contributed by atoms with E-state index in [1.165, 1.54) is 16.2 Å². The van der Waals surface area contributed by atoms with Crippen LogP contribution in [0.4, 0.5) is 5.00 Å². The zero-order valence-electron chi connectivity index (χ0n) is 17.9. The quantitative estimate of drug-likeness (QED) is 0.301. The number of nitrogens with one attached hydrogen (secondary N) is 1. The molecule has 0 saturated heterocycles. The molecule has 0 aliphatic heterocycles. The molecule has 0 radical (unpaired) electrons. The lowest BCUT2D eigenvalue weighted by Crippen LogP contribution is -2.15. The molecule has 30 heavy (non-hydrogen) atoms. The van der Waals surface area contributed by atoms with Crippen molar-refractivity contribution in [3.8, 4) is 5.75 Å². The number of anilines is 1. The van der Waals surface area contributed by atoms with Crippen molar-refractivity contribution in [1.82, 2.24) is 0 Å². The number of ether oxygens (including phenoxy) is 2. The van der Waals surface area contributed by atoms with Gasteiger partial charge in [0.1, 0.15) is 10.8 Å². The van der Waals surface area contributed by atoms with Gasteiger partial charge in [0.2, 0.25) is 0 Å². The van der Waals surface area contributed by atoms with Crippen LogP contribution in [-0.2, 0) is 17.6 Å². The fourth-order valence-electron chi connectivity index (χ4n) is 3.67. The third-order valence-electron chi connectivity index (χ3n) is 5.26. The number of hydrogen-bond acceptors (Lipinski definition) is 5. The smallest absolute Gasteiger partial charge is 0.341 e. The highest BCUT2D eigenvalue weighted by atomic mass is 32.1. The predicted octanol–water partition coefficient (Wildman–Crippen LogP) is 6.02. The Morgan fingerprint density at radius 2 is 1.80 bits per heavy atom. The second-order valence-corrected chi connectivity index (χ2v) is 8.63. The van der Waals surface area contributed by atoms with Gasteiger partial charge in [0.25, 0.3) is 5.91 Å². The van der Waals surface area contributed by atoms with Gasteiger partial charge in [-0.25, -0.2) is 4.79 Å². The molecule has 162 valence electrons. The first-order valence-corrected chi connectivity index (χ1v) is 11.8. The minimum Gasteiger partial charge on any atom is -0.494 e. The second-order valence-electron chi connectivity index (χ2n) is 7.52. The zero-order chi connectivity index (χ0) is 21.3. The SMILES string of the molecule is CCCCCOc1ccc(C(=O)Nc2sc3c(c2C(=O)OCC)CCCCC3)cc1. The average molecular weight is 430 g/mol. The summed E-state index contributed by atoms with van der Waals surface area (Å²) in [6, 6.07) is 7.15. The Labute approximate surface area is 182 Å². The molecule has 1 amide bonds. The van der Waals surface area contributed by atoms with Crippen LogP contribution in [0.3, 0.4) is 0 Å². The van der Waals surface area contributed by atoms with E-state index >= 15 is 0 Å². The van der Waals surface area contributed by atoms with Crippen LogP contribution >= 0.6 is 11.3 Å².